The van der Waals surface area contributed by atoms with Gasteiger partial charge in [0.1, 0.15) is 0 Å². The van der Waals surface area contributed by atoms with Gasteiger partial charge in [0, 0.05) is 20.8 Å². The van der Waals surface area contributed by atoms with Crippen LogP contribution in [0.5, 0.6) is 0 Å². The van der Waals surface area contributed by atoms with Gasteiger partial charge in [-0.05, 0) is 12.7 Å². The molecule has 54 valence electrons. The fourth-order valence-electron chi connectivity index (χ4n) is 0.590. The minimum absolute atomic E-state index is 0.155. The first-order valence-corrected chi connectivity index (χ1v) is 3.01. The van der Waals surface area contributed by atoms with Crippen LogP contribution < -0.4 is 0 Å². The van der Waals surface area contributed by atoms with E-state index in [2.05, 4.69) is 0 Å². The monoisotopic (exact) mass is 132 g/mol. The highest BCUT2D eigenvalue weighted by molar-refractivity contribution is 6.44. The van der Waals surface area contributed by atoms with Gasteiger partial charge in [0.25, 0.3) is 0 Å². The second-order valence-corrected chi connectivity index (χ2v) is 1.77. The van der Waals surface area contributed by atoms with Gasteiger partial charge in [-0.15, -0.1) is 0 Å². The second kappa shape index (κ2) is 6.07. The van der Waals surface area contributed by atoms with Crippen LogP contribution in [0.1, 0.15) is 6.42 Å². The van der Waals surface area contributed by atoms with Gasteiger partial charge in [0.05, 0.1) is 0 Å². The normalized spacial score (nSPS) is 9.67. The summed E-state index contributed by atoms with van der Waals surface area (Å²) in [5.41, 5.74) is 0. The molecule has 0 unspecified atom stereocenters. The Morgan fingerprint density at radius 2 is 1.89 bits per heavy atom. The molecule has 9 heavy (non-hydrogen) atoms. The molecule has 0 amide bonds. The van der Waals surface area contributed by atoms with Crippen molar-refractivity contribution in [2.75, 3.05) is 20.8 Å². The minimum Gasteiger partial charge on any atom is -0.414 e. The van der Waals surface area contributed by atoms with Gasteiger partial charge in [-0.3, -0.25) is 0 Å². The second-order valence-electron chi connectivity index (χ2n) is 1.77. The highest BCUT2D eigenvalue weighted by atomic mass is 16.6. The molecule has 0 fully saturated rings. The molecular weight excluding hydrogens is 119 g/mol. The van der Waals surface area contributed by atoms with Crippen molar-refractivity contribution in [1.82, 2.24) is 0 Å². The summed E-state index contributed by atoms with van der Waals surface area (Å²) in [7, 11) is 3.02. The molecule has 0 aromatic rings. The van der Waals surface area contributed by atoms with E-state index in [0.29, 0.717) is 0 Å². The van der Waals surface area contributed by atoms with Crippen LogP contribution in [0.3, 0.4) is 0 Å². The molecule has 1 N–H and O–H groups in total. The van der Waals surface area contributed by atoms with Gasteiger partial charge >= 0.3 is 7.12 Å². The maximum absolute atomic E-state index is 8.40. The number of hydrogen-bond acceptors (Lipinski definition) is 3. The molecule has 0 aliphatic heterocycles. The summed E-state index contributed by atoms with van der Waals surface area (Å²) >= 11 is 0. The molecule has 0 heterocycles. The molecule has 0 aliphatic carbocycles. The summed E-state index contributed by atoms with van der Waals surface area (Å²) in [6, 6.07) is 0. The fourth-order valence-corrected chi connectivity index (χ4v) is 0.590. The average Bonchev–Trinajstić information content (AvgIpc) is 1.91. The first-order valence-electron chi connectivity index (χ1n) is 3.01. The number of aliphatic hydroxyl groups is 1. The quantitative estimate of drug-likeness (QED) is 0.541. The van der Waals surface area contributed by atoms with Gasteiger partial charge in [0.15, 0.2) is 0 Å². The van der Waals surface area contributed by atoms with Gasteiger partial charge in [-0.1, -0.05) is 0 Å². The van der Waals surface area contributed by atoms with E-state index in [-0.39, 0.29) is 13.7 Å². The average molecular weight is 132 g/mol. The molecule has 0 spiro atoms. The van der Waals surface area contributed by atoms with E-state index in [1.165, 1.54) is 0 Å². The Labute approximate surface area is 56.1 Å². The minimum atomic E-state index is -0.155. The van der Waals surface area contributed by atoms with Crippen LogP contribution in [0, 0.1) is 0 Å². The number of hydrogen-bond donors (Lipinski definition) is 1. The summed E-state index contributed by atoms with van der Waals surface area (Å²) in [4.78, 5) is 0. The van der Waals surface area contributed by atoms with Crippen LogP contribution in [0.15, 0.2) is 0 Å². The van der Waals surface area contributed by atoms with Crippen LogP contribution in [-0.4, -0.2) is 33.1 Å². The summed E-state index contributed by atoms with van der Waals surface area (Å²) in [5, 5.41) is 8.40. The topological polar surface area (TPSA) is 38.7 Å². The lowest BCUT2D eigenvalue weighted by molar-refractivity contribution is 0.260. The van der Waals surface area contributed by atoms with Crippen LogP contribution in [-0.2, 0) is 9.31 Å². The molecule has 0 atom stereocenters. The van der Waals surface area contributed by atoms with Crippen LogP contribution >= 0.6 is 0 Å². The maximum Gasteiger partial charge on any atom is 0.456 e. The van der Waals surface area contributed by atoms with Gasteiger partial charge < -0.3 is 14.4 Å². The zero-order chi connectivity index (χ0) is 7.11. The van der Waals surface area contributed by atoms with Crippen LogP contribution in [0.25, 0.3) is 0 Å². The van der Waals surface area contributed by atoms with Gasteiger partial charge in [-0.2, -0.15) is 0 Å². The van der Waals surface area contributed by atoms with E-state index < -0.39 is 0 Å². The smallest absolute Gasteiger partial charge is 0.414 e. The van der Waals surface area contributed by atoms with Crippen molar-refractivity contribution in [3.63, 3.8) is 0 Å². The highest BCUT2D eigenvalue weighted by Gasteiger charge is 2.11. The third-order valence-electron chi connectivity index (χ3n) is 1.12. The van der Waals surface area contributed by atoms with Crippen molar-refractivity contribution in [2.24, 2.45) is 0 Å². The van der Waals surface area contributed by atoms with Crippen LogP contribution in [0.4, 0.5) is 0 Å². The molecular formula is C5H13BO3. The standard InChI is InChI=1S/C5H13BO3/c1-8-6(9-2)4-3-5-7/h7H,3-5H2,1-2H3. The van der Waals surface area contributed by atoms with E-state index >= 15 is 0 Å². The molecule has 4 heteroatoms. The first kappa shape index (κ1) is 8.94. The molecule has 0 aromatic carbocycles. The Morgan fingerprint density at radius 3 is 2.22 bits per heavy atom. The first-order chi connectivity index (χ1) is 4.35. The van der Waals surface area contributed by atoms with Gasteiger partial charge in [0.2, 0.25) is 0 Å². The van der Waals surface area contributed by atoms with Crippen molar-refractivity contribution in [3.05, 3.63) is 0 Å². The molecule has 0 saturated heterocycles. The lowest BCUT2D eigenvalue weighted by Crippen LogP contribution is -2.18. The molecule has 0 saturated carbocycles. The summed E-state index contributed by atoms with van der Waals surface area (Å²) < 4.78 is 9.74. The summed E-state index contributed by atoms with van der Waals surface area (Å²) in [6.45, 7) is 0.198. The highest BCUT2D eigenvalue weighted by Crippen LogP contribution is 1.97. The summed E-state index contributed by atoms with van der Waals surface area (Å²) in [5.74, 6) is 0. The molecule has 0 aliphatic rings. The summed E-state index contributed by atoms with van der Waals surface area (Å²) in [6.07, 6.45) is 1.48. The number of rotatable bonds is 5. The van der Waals surface area contributed by atoms with Crippen molar-refractivity contribution in [3.8, 4) is 0 Å². The van der Waals surface area contributed by atoms with E-state index in [9.17, 15) is 0 Å². The Balaban J connectivity index is 3.09. The fraction of sp³-hybridized carbons (Fsp3) is 1.00. The zero-order valence-electron chi connectivity index (χ0n) is 5.96. The Kier molecular flexibility index (Phi) is 6.03. The maximum atomic E-state index is 8.40. The lowest BCUT2D eigenvalue weighted by atomic mass is 9.83. The van der Waals surface area contributed by atoms with Crippen molar-refractivity contribution in [1.29, 1.82) is 0 Å². The Bertz CT molecular complexity index is 56.2. The predicted molar refractivity (Wildman–Crippen MR) is 36.3 cm³/mol. The van der Waals surface area contributed by atoms with Crippen molar-refractivity contribution >= 4 is 7.12 Å². The molecule has 0 rings (SSSR count). The predicted octanol–water partition coefficient (Wildman–Crippen LogP) is 0.150. The lowest BCUT2D eigenvalue weighted by Gasteiger charge is -2.05. The molecule has 0 aromatic heterocycles. The van der Waals surface area contributed by atoms with Crippen molar-refractivity contribution in [2.45, 2.75) is 12.7 Å². The van der Waals surface area contributed by atoms with E-state index in [0.717, 1.165) is 12.7 Å². The molecule has 3 nitrogen and oxygen atoms in total. The Morgan fingerprint density at radius 1 is 1.33 bits per heavy atom. The molecule has 0 radical (unpaired) electrons. The Hall–Kier alpha value is -0.0551. The largest absolute Gasteiger partial charge is 0.456 e. The number of aliphatic hydroxyl groups excluding tert-OH is 1. The van der Waals surface area contributed by atoms with Crippen LogP contribution in [0.2, 0.25) is 6.32 Å². The van der Waals surface area contributed by atoms with E-state index in [1.54, 1.807) is 14.2 Å². The van der Waals surface area contributed by atoms with Gasteiger partial charge in [-0.25, -0.2) is 0 Å². The SMILES string of the molecule is COB(CCCO)OC. The molecule has 0 bridgehead atoms. The third-order valence-corrected chi connectivity index (χ3v) is 1.12. The van der Waals surface area contributed by atoms with Crippen molar-refractivity contribution < 1.29 is 14.4 Å². The van der Waals surface area contributed by atoms with E-state index in [4.69, 9.17) is 14.4 Å². The van der Waals surface area contributed by atoms with E-state index in [1.807, 2.05) is 0 Å². The third kappa shape index (κ3) is 4.45. The zero-order valence-corrected chi connectivity index (χ0v) is 5.96.